The van der Waals surface area contributed by atoms with E-state index in [0.717, 1.165) is 0 Å². The molecule has 0 heterocycles. The third-order valence-electron chi connectivity index (χ3n) is 4.26. The first-order chi connectivity index (χ1) is 11.2. The van der Waals surface area contributed by atoms with Gasteiger partial charge in [-0.1, -0.05) is 45.0 Å². The second-order valence-electron chi connectivity index (χ2n) is 7.20. The zero-order chi connectivity index (χ0) is 18.1. The van der Waals surface area contributed by atoms with Gasteiger partial charge in [-0.05, 0) is 30.8 Å². The van der Waals surface area contributed by atoms with Gasteiger partial charge >= 0.3 is 0 Å². The van der Waals surface area contributed by atoms with Crippen molar-refractivity contribution in [2.75, 3.05) is 12.5 Å². The first kappa shape index (κ1) is 19.3. The number of rotatable bonds is 4. The third-order valence-corrected chi connectivity index (χ3v) is 6.41. The fourth-order valence-corrected chi connectivity index (χ4v) is 4.33. The van der Waals surface area contributed by atoms with E-state index in [2.05, 4.69) is 20.8 Å². The first-order valence-electron chi connectivity index (χ1n) is 7.89. The van der Waals surface area contributed by atoms with Crippen molar-refractivity contribution in [2.24, 2.45) is 5.41 Å². The number of fused-ring (bicyclic) bond motifs is 1. The van der Waals surface area contributed by atoms with E-state index in [1.165, 1.54) is 23.5 Å². The highest BCUT2D eigenvalue weighted by Gasteiger charge is 2.49. The van der Waals surface area contributed by atoms with Crippen LogP contribution < -0.4 is 0 Å². The lowest BCUT2D eigenvalue weighted by Gasteiger charge is -2.35. The fraction of sp³-hybridized carbons (Fsp3) is 0.474. The molecule has 1 aromatic carbocycles. The number of aliphatic hydroxyl groups is 1. The summed E-state index contributed by atoms with van der Waals surface area (Å²) in [5, 5.41) is 11.3. The Morgan fingerprint density at radius 1 is 1.12 bits per heavy atom. The normalized spacial score (nSPS) is 21.0. The summed E-state index contributed by atoms with van der Waals surface area (Å²) in [6, 6.07) is 6.93. The molecule has 1 aromatic rings. The van der Waals surface area contributed by atoms with Gasteiger partial charge < -0.3 is 5.11 Å². The highest BCUT2D eigenvalue weighted by molar-refractivity contribution is 8.21. The van der Waals surface area contributed by atoms with Crippen molar-refractivity contribution in [1.29, 1.82) is 0 Å². The standard InChI is InChI=1S/C19H24O3S2/c1-18(2,3)10-11-19(22)13-9-7-6-8-12(13)15(20)14(16(19)21)17(23-4)24-5/h6-9,22H,10-11H2,1-5H3. The zero-order valence-corrected chi connectivity index (χ0v) is 16.4. The lowest BCUT2D eigenvalue weighted by molar-refractivity contribution is -0.135. The van der Waals surface area contributed by atoms with Crippen molar-refractivity contribution >= 4 is 35.1 Å². The Hall–Kier alpha value is -1.04. The number of benzene rings is 1. The number of Topliss-reactive ketones (excluding diaryl/α,β-unsaturated/α-hetero) is 2. The van der Waals surface area contributed by atoms with Crippen molar-refractivity contribution in [3.63, 3.8) is 0 Å². The van der Waals surface area contributed by atoms with Crippen LogP contribution >= 0.6 is 23.5 Å². The quantitative estimate of drug-likeness (QED) is 0.634. The van der Waals surface area contributed by atoms with Crippen LogP contribution in [-0.4, -0.2) is 29.2 Å². The van der Waals surface area contributed by atoms with Crippen LogP contribution in [0.5, 0.6) is 0 Å². The molecule has 1 unspecified atom stereocenters. The maximum atomic E-state index is 13.1. The van der Waals surface area contributed by atoms with Gasteiger partial charge in [-0.25, -0.2) is 0 Å². The predicted octanol–water partition coefficient (Wildman–Crippen LogP) is 4.40. The average molecular weight is 365 g/mol. The monoisotopic (exact) mass is 364 g/mol. The van der Waals surface area contributed by atoms with E-state index >= 15 is 0 Å². The second kappa shape index (κ2) is 7.06. The summed E-state index contributed by atoms with van der Waals surface area (Å²) in [6.45, 7) is 6.23. The van der Waals surface area contributed by atoms with Gasteiger partial charge in [0.05, 0.1) is 9.81 Å². The lowest BCUT2D eigenvalue weighted by atomic mass is 9.71. The second-order valence-corrected chi connectivity index (χ2v) is 9.09. The van der Waals surface area contributed by atoms with Gasteiger partial charge in [0.15, 0.2) is 11.4 Å². The van der Waals surface area contributed by atoms with E-state index in [0.29, 0.717) is 28.2 Å². The van der Waals surface area contributed by atoms with Crippen LogP contribution in [0.1, 0.15) is 49.5 Å². The van der Waals surface area contributed by atoms with Gasteiger partial charge in [-0.15, -0.1) is 23.5 Å². The molecule has 0 radical (unpaired) electrons. The minimum absolute atomic E-state index is 0.0157. The summed E-state index contributed by atoms with van der Waals surface area (Å²) in [5.41, 5.74) is -0.647. The Balaban J connectivity index is 2.65. The molecule has 1 aliphatic carbocycles. The molecule has 5 heteroatoms. The van der Waals surface area contributed by atoms with Gasteiger partial charge in [-0.2, -0.15) is 0 Å². The summed E-state index contributed by atoms with van der Waals surface area (Å²) in [7, 11) is 0. The minimum Gasteiger partial charge on any atom is -0.377 e. The SMILES string of the molecule is CSC(SC)=C1C(=O)c2ccccc2C(O)(CCC(C)(C)C)C1=O. The van der Waals surface area contributed by atoms with E-state index < -0.39 is 11.4 Å². The summed E-state index contributed by atoms with van der Waals surface area (Å²) in [4.78, 5) is 26.0. The van der Waals surface area contributed by atoms with Crippen LogP contribution in [0.25, 0.3) is 0 Å². The summed E-state index contributed by atoms with van der Waals surface area (Å²) < 4.78 is 0.661. The summed E-state index contributed by atoms with van der Waals surface area (Å²) in [5.74, 6) is -0.746. The molecular weight excluding hydrogens is 340 g/mol. The maximum absolute atomic E-state index is 13.1. The molecule has 0 saturated carbocycles. The van der Waals surface area contributed by atoms with Crippen molar-refractivity contribution in [3.05, 3.63) is 45.2 Å². The Labute approximate surface area is 152 Å². The molecule has 0 aromatic heterocycles. The van der Waals surface area contributed by atoms with E-state index in [1.54, 1.807) is 24.3 Å². The van der Waals surface area contributed by atoms with Crippen LogP contribution in [0.2, 0.25) is 0 Å². The van der Waals surface area contributed by atoms with Crippen LogP contribution in [0.15, 0.2) is 34.1 Å². The van der Waals surface area contributed by atoms with Gasteiger partial charge in [0.2, 0.25) is 5.78 Å². The molecule has 24 heavy (non-hydrogen) atoms. The highest BCUT2D eigenvalue weighted by Crippen LogP contribution is 2.43. The Morgan fingerprint density at radius 3 is 2.25 bits per heavy atom. The number of ketones is 2. The van der Waals surface area contributed by atoms with E-state index in [-0.39, 0.29) is 16.8 Å². The van der Waals surface area contributed by atoms with Crippen LogP contribution in [0, 0.1) is 5.41 Å². The van der Waals surface area contributed by atoms with Crippen molar-refractivity contribution in [3.8, 4) is 0 Å². The molecule has 1 aliphatic rings. The molecule has 0 spiro atoms. The largest absolute Gasteiger partial charge is 0.377 e. The third kappa shape index (κ3) is 3.48. The molecule has 130 valence electrons. The van der Waals surface area contributed by atoms with E-state index in [9.17, 15) is 14.7 Å². The van der Waals surface area contributed by atoms with Crippen LogP contribution in [0.3, 0.4) is 0 Å². The van der Waals surface area contributed by atoms with Crippen molar-refractivity contribution in [2.45, 2.75) is 39.2 Å². The molecule has 2 rings (SSSR count). The fourth-order valence-electron chi connectivity index (χ4n) is 2.89. The van der Waals surface area contributed by atoms with Gasteiger partial charge in [0, 0.05) is 11.1 Å². The van der Waals surface area contributed by atoms with Gasteiger partial charge in [0.1, 0.15) is 0 Å². The molecule has 0 bridgehead atoms. The van der Waals surface area contributed by atoms with Crippen LogP contribution in [0.4, 0.5) is 0 Å². The number of carbonyl (C=O) groups excluding carboxylic acids is 2. The smallest absolute Gasteiger partial charge is 0.204 e. The molecule has 0 fully saturated rings. The van der Waals surface area contributed by atoms with Gasteiger partial charge in [-0.3, -0.25) is 9.59 Å². The molecule has 3 nitrogen and oxygen atoms in total. The van der Waals surface area contributed by atoms with Crippen molar-refractivity contribution in [1.82, 2.24) is 0 Å². The summed E-state index contributed by atoms with van der Waals surface area (Å²) >= 11 is 2.75. The lowest BCUT2D eigenvalue weighted by Crippen LogP contribution is -2.44. The topological polar surface area (TPSA) is 54.4 Å². The average Bonchev–Trinajstić information content (AvgIpc) is 2.54. The number of hydrogen-bond acceptors (Lipinski definition) is 5. The van der Waals surface area contributed by atoms with Gasteiger partial charge in [0.25, 0.3) is 0 Å². The molecular formula is C19H24O3S2. The Morgan fingerprint density at radius 2 is 1.71 bits per heavy atom. The Kier molecular flexibility index (Phi) is 5.68. The molecule has 0 aliphatic heterocycles. The minimum atomic E-state index is -1.64. The number of carbonyl (C=O) groups is 2. The van der Waals surface area contributed by atoms with E-state index in [1.807, 2.05) is 12.5 Å². The summed E-state index contributed by atoms with van der Waals surface area (Å²) in [6.07, 6.45) is 4.67. The number of hydrogen-bond donors (Lipinski definition) is 1. The zero-order valence-electron chi connectivity index (χ0n) is 14.8. The molecule has 0 amide bonds. The first-order valence-corrected chi connectivity index (χ1v) is 10.3. The highest BCUT2D eigenvalue weighted by atomic mass is 32.2. The maximum Gasteiger partial charge on any atom is 0.204 e. The number of thioether (sulfide) groups is 2. The Bertz CT molecular complexity index is 695. The molecule has 1 N–H and O–H groups in total. The molecule has 0 saturated heterocycles. The van der Waals surface area contributed by atoms with Crippen molar-refractivity contribution < 1.29 is 14.7 Å². The predicted molar refractivity (Wildman–Crippen MR) is 102 cm³/mol. The van der Waals surface area contributed by atoms with E-state index in [4.69, 9.17) is 0 Å². The molecule has 1 atom stereocenters. The van der Waals surface area contributed by atoms with Crippen LogP contribution in [-0.2, 0) is 10.4 Å².